The smallest absolute Gasteiger partial charge is 0.134 e. The van der Waals surface area contributed by atoms with E-state index in [9.17, 15) is 4.39 Å². The Hall–Kier alpha value is -1.84. The normalized spacial score (nSPS) is 12.8. The van der Waals surface area contributed by atoms with E-state index in [2.05, 4.69) is 0 Å². The van der Waals surface area contributed by atoms with E-state index in [0.29, 0.717) is 21.8 Å². The Kier molecular flexibility index (Phi) is 3.24. The van der Waals surface area contributed by atoms with Gasteiger partial charge < -0.3 is 10.2 Å². The Labute approximate surface area is 121 Å². The molecule has 1 heterocycles. The molecular formula is C16H13ClFNO. The Bertz CT molecular complexity index is 781. The van der Waals surface area contributed by atoms with Crippen molar-refractivity contribution in [2.45, 2.75) is 13.0 Å². The zero-order valence-corrected chi connectivity index (χ0v) is 11.6. The van der Waals surface area contributed by atoms with Crippen molar-refractivity contribution in [3.8, 4) is 0 Å². The molecule has 0 aliphatic heterocycles. The Morgan fingerprint density at radius 3 is 2.70 bits per heavy atom. The summed E-state index contributed by atoms with van der Waals surface area (Å²) in [6.45, 7) is 1.96. The van der Waals surface area contributed by atoms with Crippen LogP contribution in [0.1, 0.15) is 22.9 Å². The molecule has 4 heteroatoms. The van der Waals surface area contributed by atoms with E-state index in [1.807, 2.05) is 25.1 Å². The fourth-order valence-corrected chi connectivity index (χ4v) is 2.58. The van der Waals surface area contributed by atoms with Crippen LogP contribution in [0.2, 0.25) is 5.02 Å². The second-order valence-corrected chi connectivity index (χ2v) is 5.24. The summed E-state index contributed by atoms with van der Waals surface area (Å²) >= 11 is 6.22. The maximum absolute atomic E-state index is 13.2. The fourth-order valence-electron chi connectivity index (χ4n) is 2.23. The Morgan fingerprint density at radius 1 is 1.15 bits per heavy atom. The Balaban J connectivity index is 2.05. The average molecular weight is 290 g/mol. The molecule has 0 aliphatic carbocycles. The molecule has 0 fully saturated rings. The third kappa shape index (κ3) is 2.30. The zero-order chi connectivity index (χ0) is 14.3. The molecule has 1 unspecified atom stereocenters. The number of hydrogen-bond donors (Lipinski definition) is 1. The van der Waals surface area contributed by atoms with Crippen molar-refractivity contribution in [1.82, 2.24) is 0 Å². The van der Waals surface area contributed by atoms with Gasteiger partial charge in [0.2, 0.25) is 0 Å². The fraction of sp³-hybridized carbons (Fsp3) is 0.125. The van der Waals surface area contributed by atoms with Crippen LogP contribution >= 0.6 is 11.6 Å². The molecule has 0 bridgehead atoms. The van der Waals surface area contributed by atoms with Gasteiger partial charge in [-0.25, -0.2) is 4.39 Å². The van der Waals surface area contributed by atoms with Gasteiger partial charge in [0.25, 0.3) is 0 Å². The lowest BCUT2D eigenvalue weighted by Gasteiger charge is -2.11. The SMILES string of the molecule is Cc1ccc(C(N)c2cc3cc(F)ccc3o2)c(Cl)c1. The first-order valence-electron chi connectivity index (χ1n) is 6.25. The molecule has 1 aromatic heterocycles. The third-order valence-electron chi connectivity index (χ3n) is 3.29. The van der Waals surface area contributed by atoms with E-state index < -0.39 is 6.04 Å². The number of rotatable bonds is 2. The lowest BCUT2D eigenvalue weighted by atomic mass is 10.0. The second-order valence-electron chi connectivity index (χ2n) is 4.83. The molecule has 0 radical (unpaired) electrons. The van der Waals surface area contributed by atoms with Gasteiger partial charge >= 0.3 is 0 Å². The first-order chi connectivity index (χ1) is 9.54. The highest BCUT2D eigenvalue weighted by Gasteiger charge is 2.17. The minimum atomic E-state index is -0.474. The van der Waals surface area contributed by atoms with E-state index in [-0.39, 0.29) is 5.82 Å². The second kappa shape index (κ2) is 4.93. The minimum absolute atomic E-state index is 0.299. The predicted molar refractivity (Wildman–Crippen MR) is 78.4 cm³/mol. The van der Waals surface area contributed by atoms with Crippen molar-refractivity contribution in [3.05, 3.63) is 70.2 Å². The van der Waals surface area contributed by atoms with Crippen LogP contribution in [0.25, 0.3) is 11.0 Å². The van der Waals surface area contributed by atoms with Gasteiger partial charge in [0.1, 0.15) is 17.2 Å². The quantitative estimate of drug-likeness (QED) is 0.750. The lowest BCUT2D eigenvalue weighted by molar-refractivity contribution is 0.524. The topological polar surface area (TPSA) is 39.2 Å². The summed E-state index contributed by atoms with van der Waals surface area (Å²) in [5, 5.41) is 1.29. The number of nitrogens with two attached hydrogens (primary N) is 1. The van der Waals surface area contributed by atoms with E-state index in [1.165, 1.54) is 12.1 Å². The molecule has 102 valence electrons. The van der Waals surface area contributed by atoms with Gasteiger partial charge in [-0.1, -0.05) is 23.7 Å². The molecule has 2 nitrogen and oxygen atoms in total. The molecule has 1 atom stereocenters. The van der Waals surface area contributed by atoms with Crippen molar-refractivity contribution < 1.29 is 8.81 Å². The monoisotopic (exact) mass is 289 g/mol. The summed E-state index contributed by atoms with van der Waals surface area (Å²) in [5.74, 6) is 0.267. The lowest BCUT2D eigenvalue weighted by Crippen LogP contribution is -2.11. The summed E-state index contributed by atoms with van der Waals surface area (Å²) < 4.78 is 18.9. The summed E-state index contributed by atoms with van der Waals surface area (Å²) in [5.41, 5.74) is 8.66. The maximum atomic E-state index is 13.2. The molecule has 0 saturated heterocycles. The van der Waals surface area contributed by atoms with Crippen LogP contribution < -0.4 is 5.73 Å². The van der Waals surface area contributed by atoms with E-state index >= 15 is 0 Å². The molecule has 0 spiro atoms. The summed E-state index contributed by atoms with van der Waals surface area (Å²) in [4.78, 5) is 0. The molecular weight excluding hydrogens is 277 g/mol. The molecule has 2 N–H and O–H groups in total. The molecule has 0 aliphatic rings. The van der Waals surface area contributed by atoms with Crippen molar-refractivity contribution in [3.63, 3.8) is 0 Å². The van der Waals surface area contributed by atoms with Gasteiger partial charge in [0.15, 0.2) is 0 Å². The standard InChI is InChI=1S/C16H13ClFNO/c1-9-2-4-12(13(17)6-9)16(19)15-8-10-7-11(18)3-5-14(10)20-15/h2-8,16H,19H2,1H3. The molecule has 3 aromatic rings. The number of fused-ring (bicyclic) bond motifs is 1. The van der Waals surface area contributed by atoms with Crippen LogP contribution in [0.5, 0.6) is 0 Å². The highest BCUT2D eigenvalue weighted by atomic mass is 35.5. The first kappa shape index (κ1) is 13.2. The number of halogens is 2. The van der Waals surface area contributed by atoms with Gasteiger partial charge in [-0.15, -0.1) is 0 Å². The van der Waals surface area contributed by atoms with Crippen LogP contribution in [-0.2, 0) is 0 Å². The molecule has 0 amide bonds. The van der Waals surface area contributed by atoms with E-state index in [1.54, 1.807) is 12.1 Å². The van der Waals surface area contributed by atoms with Crippen LogP contribution in [0.15, 0.2) is 46.9 Å². The number of hydrogen-bond acceptors (Lipinski definition) is 2. The molecule has 2 aromatic carbocycles. The Morgan fingerprint density at radius 2 is 1.95 bits per heavy atom. The summed E-state index contributed by atoms with van der Waals surface area (Å²) in [6, 6.07) is 11.3. The maximum Gasteiger partial charge on any atom is 0.134 e. The van der Waals surface area contributed by atoms with Crippen molar-refractivity contribution in [2.75, 3.05) is 0 Å². The molecule has 20 heavy (non-hydrogen) atoms. The van der Waals surface area contributed by atoms with Crippen molar-refractivity contribution in [2.24, 2.45) is 5.73 Å². The highest BCUT2D eigenvalue weighted by Crippen LogP contribution is 2.31. The van der Waals surface area contributed by atoms with Gasteiger partial charge in [-0.3, -0.25) is 0 Å². The van der Waals surface area contributed by atoms with Crippen molar-refractivity contribution in [1.29, 1.82) is 0 Å². The summed E-state index contributed by atoms with van der Waals surface area (Å²) in [6.07, 6.45) is 0. The summed E-state index contributed by atoms with van der Waals surface area (Å²) in [7, 11) is 0. The average Bonchev–Trinajstić information content (AvgIpc) is 2.81. The highest BCUT2D eigenvalue weighted by molar-refractivity contribution is 6.31. The minimum Gasteiger partial charge on any atom is -0.459 e. The van der Waals surface area contributed by atoms with Crippen LogP contribution in [0.4, 0.5) is 4.39 Å². The van der Waals surface area contributed by atoms with Gasteiger partial charge in [0, 0.05) is 10.4 Å². The largest absolute Gasteiger partial charge is 0.459 e. The first-order valence-corrected chi connectivity index (χ1v) is 6.63. The van der Waals surface area contributed by atoms with Gasteiger partial charge in [-0.05, 0) is 48.4 Å². The van der Waals surface area contributed by atoms with Crippen LogP contribution in [-0.4, -0.2) is 0 Å². The predicted octanol–water partition coefficient (Wildman–Crippen LogP) is 4.58. The number of furan rings is 1. The van der Waals surface area contributed by atoms with Crippen molar-refractivity contribution >= 4 is 22.6 Å². The third-order valence-corrected chi connectivity index (χ3v) is 3.62. The van der Waals surface area contributed by atoms with E-state index in [0.717, 1.165) is 11.1 Å². The molecule has 0 saturated carbocycles. The molecule has 3 rings (SSSR count). The van der Waals surface area contributed by atoms with Gasteiger partial charge in [-0.2, -0.15) is 0 Å². The number of benzene rings is 2. The zero-order valence-electron chi connectivity index (χ0n) is 10.9. The van der Waals surface area contributed by atoms with Crippen LogP contribution in [0, 0.1) is 12.7 Å². The van der Waals surface area contributed by atoms with Gasteiger partial charge in [0.05, 0.1) is 6.04 Å². The number of aryl methyl sites for hydroxylation is 1. The van der Waals surface area contributed by atoms with E-state index in [4.69, 9.17) is 21.8 Å². The van der Waals surface area contributed by atoms with Crippen LogP contribution in [0.3, 0.4) is 0 Å².